The number of rotatable bonds is 11. The van der Waals surface area contributed by atoms with Gasteiger partial charge in [0.15, 0.2) is 6.29 Å². The van der Waals surface area contributed by atoms with E-state index in [1.165, 1.54) is 0 Å². The first-order chi connectivity index (χ1) is 21.4. The van der Waals surface area contributed by atoms with Crippen LogP contribution >= 0.6 is 11.8 Å². The molecule has 8 nitrogen and oxygen atoms in total. The summed E-state index contributed by atoms with van der Waals surface area (Å²) in [6, 6.07) is 30.7. The van der Waals surface area contributed by atoms with E-state index in [4.69, 9.17) is 9.47 Å². The Morgan fingerprint density at radius 2 is 1.57 bits per heavy atom. The molecule has 4 aromatic carbocycles. The zero-order valence-electron chi connectivity index (χ0n) is 24.4. The highest BCUT2D eigenvalue weighted by molar-refractivity contribution is 7.99. The largest absolute Gasteiger partial charge is 0.478 e. The summed E-state index contributed by atoms with van der Waals surface area (Å²) in [7, 11) is 0. The fourth-order valence-electron chi connectivity index (χ4n) is 5.00. The lowest BCUT2D eigenvalue weighted by molar-refractivity contribution is -0.245. The van der Waals surface area contributed by atoms with E-state index in [9.17, 15) is 19.8 Å². The molecule has 3 unspecified atom stereocenters. The molecule has 3 atom stereocenters. The number of hydrogen-bond donors (Lipinski definition) is 4. The van der Waals surface area contributed by atoms with Crippen LogP contribution in [0.2, 0.25) is 0 Å². The molecule has 9 heteroatoms. The Hall–Kier alpha value is -4.15. The number of carbonyl (C=O) groups is 2. The van der Waals surface area contributed by atoms with Gasteiger partial charge in [0.1, 0.15) is 0 Å². The number of carboxylic acid groups (broad SMARTS) is 1. The average Bonchev–Trinajstić information content (AvgIpc) is 3.07. The van der Waals surface area contributed by atoms with Gasteiger partial charge in [0.25, 0.3) is 0 Å². The molecule has 5 rings (SSSR count). The standard InChI is InChI=1S/C35H36N2O6S/c1-2-36-35(41)37-20-24-4-3-5-29(18-24)25-10-12-28(13-11-25)34-42-30(22-44-31-16-14-27(15-17-31)33(39)40)19-32(43-34)26-8-6-23(21-38)7-9-26/h3-18,30,32,34,38H,2,19-22H2,1H3,(H,39,40)(H2,36,37,41). The normalized spacial score (nSPS) is 18.0. The number of aliphatic hydroxyl groups is 1. The molecule has 4 N–H and O–H groups in total. The highest BCUT2D eigenvalue weighted by atomic mass is 32.2. The summed E-state index contributed by atoms with van der Waals surface area (Å²) in [5, 5.41) is 24.3. The number of amides is 2. The number of benzene rings is 4. The number of carbonyl (C=O) groups excluding carboxylic acids is 1. The second kappa shape index (κ2) is 15.0. The SMILES string of the molecule is CCNC(=O)NCc1cccc(-c2ccc(C3OC(CSc4ccc(C(=O)O)cc4)CC(c4ccc(CO)cc4)O3)cc2)c1. The van der Waals surface area contributed by atoms with Crippen LogP contribution in [0.25, 0.3) is 11.1 Å². The summed E-state index contributed by atoms with van der Waals surface area (Å²) < 4.78 is 13.0. The number of ether oxygens (including phenoxy) is 2. The number of urea groups is 1. The summed E-state index contributed by atoms with van der Waals surface area (Å²) in [5.41, 5.74) is 6.11. The van der Waals surface area contributed by atoms with Gasteiger partial charge in [-0.15, -0.1) is 11.8 Å². The summed E-state index contributed by atoms with van der Waals surface area (Å²) in [5.74, 6) is -0.272. The Morgan fingerprint density at radius 1 is 0.841 bits per heavy atom. The van der Waals surface area contributed by atoms with Crippen molar-refractivity contribution < 1.29 is 29.3 Å². The van der Waals surface area contributed by atoms with Crippen LogP contribution in [0.5, 0.6) is 0 Å². The molecule has 0 aliphatic carbocycles. The third kappa shape index (κ3) is 8.27. The van der Waals surface area contributed by atoms with Crippen LogP contribution < -0.4 is 10.6 Å². The van der Waals surface area contributed by atoms with Crippen molar-refractivity contribution in [1.29, 1.82) is 0 Å². The minimum Gasteiger partial charge on any atom is -0.478 e. The van der Waals surface area contributed by atoms with Gasteiger partial charge >= 0.3 is 12.0 Å². The van der Waals surface area contributed by atoms with Crippen molar-refractivity contribution in [2.75, 3.05) is 12.3 Å². The zero-order chi connectivity index (χ0) is 30.9. The Kier molecular flexibility index (Phi) is 10.7. The van der Waals surface area contributed by atoms with Gasteiger partial charge in [-0.2, -0.15) is 0 Å². The molecule has 2 amide bonds. The molecular weight excluding hydrogens is 576 g/mol. The zero-order valence-corrected chi connectivity index (χ0v) is 25.3. The predicted molar refractivity (Wildman–Crippen MR) is 170 cm³/mol. The number of carboxylic acids is 1. The minimum atomic E-state index is -0.945. The molecule has 1 aliphatic rings. The van der Waals surface area contributed by atoms with E-state index in [-0.39, 0.29) is 30.4 Å². The van der Waals surface area contributed by atoms with Crippen LogP contribution in [0.4, 0.5) is 4.79 Å². The number of aromatic carboxylic acids is 1. The number of hydrogen-bond acceptors (Lipinski definition) is 6. The van der Waals surface area contributed by atoms with Crippen molar-refractivity contribution in [3.63, 3.8) is 0 Å². The Morgan fingerprint density at radius 3 is 2.25 bits per heavy atom. The molecule has 0 radical (unpaired) electrons. The van der Waals surface area contributed by atoms with Crippen molar-refractivity contribution >= 4 is 23.8 Å². The van der Waals surface area contributed by atoms with E-state index in [0.29, 0.717) is 25.3 Å². The van der Waals surface area contributed by atoms with Crippen molar-refractivity contribution in [3.05, 3.63) is 125 Å². The molecule has 1 heterocycles. The molecule has 0 aromatic heterocycles. The second-order valence-electron chi connectivity index (χ2n) is 10.5. The summed E-state index contributed by atoms with van der Waals surface area (Å²) in [4.78, 5) is 24.0. The van der Waals surface area contributed by atoms with E-state index in [0.717, 1.165) is 38.3 Å². The highest BCUT2D eigenvalue weighted by Gasteiger charge is 2.32. The lowest BCUT2D eigenvalue weighted by Gasteiger charge is -2.36. The lowest BCUT2D eigenvalue weighted by atomic mass is 9.99. The van der Waals surface area contributed by atoms with E-state index >= 15 is 0 Å². The molecule has 1 aliphatic heterocycles. The van der Waals surface area contributed by atoms with Crippen LogP contribution in [0.3, 0.4) is 0 Å². The van der Waals surface area contributed by atoms with Gasteiger partial charge in [0.05, 0.1) is 24.4 Å². The lowest BCUT2D eigenvalue weighted by Crippen LogP contribution is -2.34. The second-order valence-corrected chi connectivity index (χ2v) is 11.6. The number of thioether (sulfide) groups is 1. The van der Waals surface area contributed by atoms with E-state index < -0.39 is 12.3 Å². The molecule has 44 heavy (non-hydrogen) atoms. The third-order valence-corrected chi connectivity index (χ3v) is 8.53. The Bertz CT molecular complexity index is 1540. The first kappa shape index (κ1) is 31.3. The summed E-state index contributed by atoms with van der Waals surface area (Å²) in [6.07, 6.45) is -0.234. The number of aliphatic hydroxyl groups excluding tert-OH is 1. The smallest absolute Gasteiger partial charge is 0.335 e. The molecule has 0 saturated carbocycles. The Labute approximate surface area is 261 Å². The first-order valence-corrected chi connectivity index (χ1v) is 15.6. The van der Waals surface area contributed by atoms with Crippen molar-refractivity contribution in [2.45, 2.75) is 49.9 Å². The molecule has 0 spiro atoms. The number of nitrogens with one attached hydrogen (secondary N) is 2. The first-order valence-electron chi connectivity index (χ1n) is 14.6. The summed E-state index contributed by atoms with van der Waals surface area (Å²) in [6.45, 7) is 2.88. The monoisotopic (exact) mass is 612 g/mol. The fourth-order valence-corrected chi connectivity index (χ4v) is 5.93. The van der Waals surface area contributed by atoms with Crippen LogP contribution in [0, 0.1) is 0 Å². The van der Waals surface area contributed by atoms with E-state index in [1.807, 2.05) is 85.8 Å². The van der Waals surface area contributed by atoms with Crippen LogP contribution in [0.15, 0.2) is 102 Å². The van der Waals surface area contributed by atoms with E-state index in [1.54, 1.807) is 23.9 Å². The molecule has 228 valence electrons. The van der Waals surface area contributed by atoms with Gasteiger partial charge in [-0.25, -0.2) is 9.59 Å². The van der Waals surface area contributed by atoms with Gasteiger partial charge in [-0.05, 0) is 65.1 Å². The molecule has 1 fully saturated rings. The third-order valence-electron chi connectivity index (χ3n) is 7.39. The molecule has 4 aromatic rings. The van der Waals surface area contributed by atoms with Crippen LogP contribution in [-0.2, 0) is 22.6 Å². The summed E-state index contributed by atoms with van der Waals surface area (Å²) >= 11 is 1.62. The maximum Gasteiger partial charge on any atom is 0.335 e. The van der Waals surface area contributed by atoms with Crippen molar-refractivity contribution in [3.8, 4) is 11.1 Å². The van der Waals surface area contributed by atoms with Gasteiger partial charge in [-0.1, -0.05) is 66.7 Å². The predicted octanol–water partition coefficient (Wildman–Crippen LogP) is 6.70. The molecular formula is C35H36N2O6S. The van der Waals surface area contributed by atoms with Gasteiger partial charge in [-0.3, -0.25) is 0 Å². The Balaban J connectivity index is 1.30. The van der Waals surface area contributed by atoms with Crippen molar-refractivity contribution in [2.24, 2.45) is 0 Å². The van der Waals surface area contributed by atoms with Crippen LogP contribution in [0.1, 0.15) is 58.4 Å². The maximum absolute atomic E-state index is 11.8. The average molecular weight is 613 g/mol. The van der Waals surface area contributed by atoms with Gasteiger partial charge in [0, 0.05) is 35.7 Å². The topological polar surface area (TPSA) is 117 Å². The van der Waals surface area contributed by atoms with Crippen molar-refractivity contribution in [1.82, 2.24) is 10.6 Å². The minimum absolute atomic E-state index is 0.0164. The molecule has 1 saturated heterocycles. The maximum atomic E-state index is 11.8. The van der Waals surface area contributed by atoms with E-state index in [2.05, 4.69) is 16.7 Å². The fraction of sp³-hybridized carbons (Fsp3) is 0.257. The molecule has 0 bridgehead atoms. The van der Waals surface area contributed by atoms with Gasteiger partial charge in [0.2, 0.25) is 0 Å². The van der Waals surface area contributed by atoms with Gasteiger partial charge < -0.3 is 30.3 Å². The quantitative estimate of drug-likeness (QED) is 0.139. The van der Waals surface area contributed by atoms with Crippen LogP contribution in [-0.4, -0.2) is 40.6 Å². The highest BCUT2D eigenvalue weighted by Crippen LogP contribution is 2.40.